The summed E-state index contributed by atoms with van der Waals surface area (Å²) < 4.78 is 7.14. The largest absolute Gasteiger partial charge is 0.381 e. The zero-order chi connectivity index (χ0) is 17.4. The predicted molar refractivity (Wildman–Crippen MR) is 90.8 cm³/mol. The Labute approximate surface area is 144 Å². The third-order valence-corrected chi connectivity index (χ3v) is 4.68. The molecule has 8 heteroatoms. The summed E-state index contributed by atoms with van der Waals surface area (Å²) in [7, 11) is 1.78. The van der Waals surface area contributed by atoms with E-state index in [1.165, 1.54) is 6.07 Å². The smallest absolute Gasteiger partial charge is 0.275 e. The number of nitrogens with zero attached hydrogens (tertiary/aromatic N) is 3. The summed E-state index contributed by atoms with van der Waals surface area (Å²) in [5, 5.41) is 7.29. The SMILES string of the molecule is Cn1nc(C2CCCOC2)cc1NC(=O)c1cc(=O)[nH]c(C2CC2)n1. The molecular weight excluding hydrogens is 322 g/mol. The average molecular weight is 343 g/mol. The number of amides is 1. The lowest BCUT2D eigenvalue weighted by atomic mass is 9.99. The van der Waals surface area contributed by atoms with Crippen LogP contribution in [0.3, 0.4) is 0 Å². The molecule has 2 aromatic rings. The van der Waals surface area contributed by atoms with Crippen molar-refractivity contribution in [3.63, 3.8) is 0 Å². The molecule has 2 fully saturated rings. The molecule has 132 valence electrons. The molecule has 1 atom stereocenters. The number of ether oxygens (including phenoxy) is 1. The molecule has 3 heterocycles. The van der Waals surface area contributed by atoms with Crippen LogP contribution in [0, 0.1) is 0 Å². The van der Waals surface area contributed by atoms with Gasteiger partial charge in [0.25, 0.3) is 11.5 Å². The third kappa shape index (κ3) is 3.48. The first-order valence-electron chi connectivity index (χ1n) is 8.64. The van der Waals surface area contributed by atoms with Gasteiger partial charge in [-0.05, 0) is 25.7 Å². The number of rotatable bonds is 4. The minimum absolute atomic E-state index is 0.134. The Hall–Kier alpha value is -2.48. The van der Waals surface area contributed by atoms with Crippen molar-refractivity contribution in [3.8, 4) is 0 Å². The second-order valence-electron chi connectivity index (χ2n) is 6.74. The highest BCUT2D eigenvalue weighted by Crippen LogP contribution is 2.37. The van der Waals surface area contributed by atoms with E-state index in [4.69, 9.17) is 4.74 Å². The van der Waals surface area contributed by atoms with Crippen molar-refractivity contribution in [1.29, 1.82) is 0 Å². The number of carbonyl (C=O) groups excluding carboxylic acids is 1. The summed E-state index contributed by atoms with van der Waals surface area (Å²) in [6, 6.07) is 3.10. The molecule has 0 radical (unpaired) electrons. The number of anilines is 1. The predicted octanol–water partition coefficient (Wildman–Crippen LogP) is 1.53. The summed E-state index contributed by atoms with van der Waals surface area (Å²) in [4.78, 5) is 31.3. The maximum Gasteiger partial charge on any atom is 0.275 e. The first-order valence-corrected chi connectivity index (χ1v) is 8.64. The maximum atomic E-state index is 12.5. The van der Waals surface area contributed by atoms with E-state index >= 15 is 0 Å². The number of aryl methyl sites for hydroxylation is 1. The van der Waals surface area contributed by atoms with Crippen LogP contribution < -0.4 is 10.9 Å². The van der Waals surface area contributed by atoms with Crippen LogP contribution in [0.25, 0.3) is 0 Å². The molecule has 0 bridgehead atoms. The Morgan fingerprint density at radius 1 is 1.32 bits per heavy atom. The zero-order valence-corrected chi connectivity index (χ0v) is 14.1. The van der Waals surface area contributed by atoms with Crippen LogP contribution in [-0.2, 0) is 11.8 Å². The van der Waals surface area contributed by atoms with Gasteiger partial charge in [0.15, 0.2) is 0 Å². The highest BCUT2D eigenvalue weighted by Gasteiger charge is 2.27. The summed E-state index contributed by atoms with van der Waals surface area (Å²) in [6.07, 6.45) is 4.06. The molecule has 1 saturated carbocycles. The molecule has 1 unspecified atom stereocenters. The van der Waals surface area contributed by atoms with Crippen molar-refractivity contribution in [1.82, 2.24) is 19.7 Å². The molecule has 2 N–H and O–H groups in total. The highest BCUT2D eigenvalue weighted by molar-refractivity contribution is 6.02. The van der Waals surface area contributed by atoms with E-state index in [-0.39, 0.29) is 23.1 Å². The molecule has 1 aliphatic heterocycles. The van der Waals surface area contributed by atoms with Gasteiger partial charge in [-0.3, -0.25) is 14.3 Å². The molecule has 1 aliphatic carbocycles. The van der Waals surface area contributed by atoms with Gasteiger partial charge >= 0.3 is 0 Å². The van der Waals surface area contributed by atoms with E-state index in [0.717, 1.165) is 38.0 Å². The topological polar surface area (TPSA) is 102 Å². The number of carbonyl (C=O) groups is 1. The van der Waals surface area contributed by atoms with Crippen LogP contribution >= 0.6 is 0 Å². The van der Waals surface area contributed by atoms with E-state index in [1.54, 1.807) is 11.7 Å². The molecule has 2 aromatic heterocycles. The van der Waals surface area contributed by atoms with E-state index in [0.29, 0.717) is 18.2 Å². The molecular formula is C17H21N5O3. The van der Waals surface area contributed by atoms with Crippen LogP contribution in [0.5, 0.6) is 0 Å². The van der Waals surface area contributed by atoms with Crippen LogP contribution in [0.1, 0.15) is 59.5 Å². The minimum atomic E-state index is -0.401. The second kappa shape index (κ2) is 6.44. The first-order chi connectivity index (χ1) is 12.1. The fourth-order valence-corrected chi connectivity index (χ4v) is 3.10. The molecule has 4 rings (SSSR count). The lowest BCUT2D eigenvalue weighted by Crippen LogP contribution is -2.21. The van der Waals surface area contributed by atoms with Crippen molar-refractivity contribution in [3.05, 3.63) is 39.7 Å². The van der Waals surface area contributed by atoms with E-state index in [2.05, 4.69) is 20.4 Å². The van der Waals surface area contributed by atoms with Crippen molar-refractivity contribution < 1.29 is 9.53 Å². The van der Waals surface area contributed by atoms with Gasteiger partial charge < -0.3 is 15.0 Å². The van der Waals surface area contributed by atoms with Crippen molar-refractivity contribution >= 4 is 11.7 Å². The molecule has 8 nitrogen and oxygen atoms in total. The normalized spacial score (nSPS) is 20.4. The Bertz CT molecular complexity index is 846. The fraction of sp³-hybridized carbons (Fsp3) is 0.529. The Balaban J connectivity index is 1.52. The minimum Gasteiger partial charge on any atom is -0.381 e. The van der Waals surface area contributed by atoms with E-state index in [9.17, 15) is 9.59 Å². The van der Waals surface area contributed by atoms with Crippen LogP contribution in [0.2, 0.25) is 0 Å². The van der Waals surface area contributed by atoms with Crippen molar-refractivity contribution in [2.75, 3.05) is 18.5 Å². The van der Waals surface area contributed by atoms with E-state index in [1.807, 2.05) is 6.07 Å². The van der Waals surface area contributed by atoms with Crippen molar-refractivity contribution in [2.45, 2.75) is 37.5 Å². The summed E-state index contributed by atoms with van der Waals surface area (Å²) in [5.41, 5.74) is 0.747. The van der Waals surface area contributed by atoms with Gasteiger partial charge in [-0.2, -0.15) is 5.10 Å². The van der Waals surface area contributed by atoms with Crippen LogP contribution in [0.4, 0.5) is 5.82 Å². The number of aromatic amines is 1. The van der Waals surface area contributed by atoms with Gasteiger partial charge in [0.1, 0.15) is 17.3 Å². The van der Waals surface area contributed by atoms with Gasteiger partial charge in [-0.15, -0.1) is 0 Å². The van der Waals surface area contributed by atoms with Gasteiger partial charge in [0.2, 0.25) is 0 Å². The summed E-state index contributed by atoms with van der Waals surface area (Å²) >= 11 is 0. The average Bonchev–Trinajstić information content (AvgIpc) is 3.40. The third-order valence-electron chi connectivity index (χ3n) is 4.68. The Kier molecular flexibility index (Phi) is 4.12. The first kappa shape index (κ1) is 16.0. The van der Waals surface area contributed by atoms with Gasteiger partial charge in [-0.1, -0.05) is 0 Å². The number of aromatic nitrogens is 4. The molecule has 0 spiro atoms. The number of nitrogens with one attached hydrogen (secondary N) is 2. The standard InChI is InChI=1S/C17H21N5O3/c1-22-14(7-12(21-22)11-3-2-6-25-9-11)19-17(24)13-8-15(23)20-16(18-13)10-4-5-10/h7-8,10-11H,2-6,9H2,1H3,(H,19,24)(H,18,20,23). The Morgan fingerprint density at radius 3 is 2.88 bits per heavy atom. The monoisotopic (exact) mass is 343 g/mol. The quantitative estimate of drug-likeness (QED) is 0.876. The number of hydrogen-bond donors (Lipinski definition) is 2. The summed E-state index contributed by atoms with van der Waals surface area (Å²) in [5.74, 6) is 1.31. The summed E-state index contributed by atoms with van der Waals surface area (Å²) in [6.45, 7) is 1.45. The van der Waals surface area contributed by atoms with Crippen LogP contribution in [0.15, 0.2) is 16.9 Å². The molecule has 1 amide bonds. The van der Waals surface area contributed by atoms with Crippen molar-refractivity contribution in [2.24, 2.45) is 7.05 Å². The molecule has 2 aliphatic rings. The fourth-order valence-electron chi connectivity index (χ4n) is 3.10. The highest BCUT2D eigenvalue weighted by atomic mass is 16.5. The van der Waals surface area contributed by atoms with Gasteiger partial charge in [0.05, 0.1) is 12.3 Å². The second-order valence-corrected chi connectivity index (χ2v) is 6.74. The van der Waals surface area contributed by atoms with Gasteiger partial charge in [-0.25, -0.2) is 4.98 Å². The lowest BCUT2D eigenvalue weighted by Gasteiger charge is -2.19. The molecule has 1 saturated heterocycles. The van der Waals surface area contributed by atoms with Crippen LogP contribution in [-0.4, -0.2) is 38.9 Å². The number of hydrogen-bond acceptors (Lipinski definition) is 5. The van der Waals surface area contributed by atoms with E-state index < -0.39 is 5.91 Å². The van der Waals surface area contributed by atoms with Gasteiger partial charge in [0, 0.05) is 37.6 Å². The molecule has 25 heavy (non-hydrogen) atoms. The molecule has 0 aromatic carbocycles. The Morgan fingerprint density at radius 2 is 2.16 bits per heavy atom. The maximum absolute atomic E-state index is 12.5. The lowest BCUT2D eigenvalue weighted by molar-refractivity contribution is 0.0791. The zero-order valence-electron chi connectivity index (χ0n) is 14.1. The number of H-pyrrole nitrogens is 1.